The van der Waals surface area contributed by atoms with E-state index in [0.29, 0.717) is 5.75 Å². The van der Waals surface area contributed by atoms with E-state index in [9.17, 15) is 23.1 Å². The van der Waals surface area contributed by atoms with E-state index >= 15 is 0 Å². The molecule has 8 heteroatoms. The van der Waals surface area contributed by atoms with E-state index in [0.717, 1.165) is 11.1 Å². The van der Waals surface area contributed by atoms with E-state index in [-0.39, 0.29) is 10.7 Å². The van der Waals surface area contributed by atoms with Crippen LogP contribution in [0.15, 0.2) is 23.3 Å². The van der Waals surface area contributed by atoms with Crippen LogP contribution in [-0.4, -0.2) is 40.2 Å². The first kappa shape index (κ1) is 17.3. The predicted octanol–water partition coefficient (Wildman–Crippen LogP) is 2.54. The van der Waals surface area contributed by atoms with Gasteiger partial charge in [-0.3, -0.25) is 4.79 Å². The van der Waals surface area contributed by atoms with Gasteiger partial charge in [0.1, 0.15) is 5.75 Å². The van der Waals surface area contributed by atoms with Gasteiger partial charge in [-0.2, -0.15) is 23.3 Å². The highest BCUT2D eigenvalue weighted by molar-refractivity contribution is 5.89. The Morgan fingerprint density at radius 1 is 1.35 bits per heavy atom. The first-order chi connectivity index (χ1) is 10.5. The lowest BCUT2D eigenvalue weighted by molar-refractivity contribution is -0.302. The van der Waals surface area contributed by atoms with Gasteiger partial charge in [-0.25, -0.2) is 0 Å². The fourth-order valence-corrected chi connectivity index (χ4v) is 2.21. The molecule has 5 nitrogen and oxygen atoms in total. The number of alkyl halides is 3. The first-order valence-corrected chi connectivity index (χ1v) is 6.91. The molecule has 0 spiro atoms. The fourth-order valence-electron chi connectivity index (χ4n) is 2.21. The number of benzene rings is 1. The Bertz CT molecular complexity index is 658. The molecule has 1 aromatic carbocycles. The van der Waals surface area contributed by atoms with Gasteiger partial charge in [-0.1, -0.05) is 6.07 Å². The monoisotopic (exact) mass is 330 g/mol. The smallest absolute Gasteiger partial charge is 0.438 e. The number of hydrogen-bond donors (Lipinski definition) is 1. The summed E-state index contributed by atoms with van der Waals surface area (Å²) in [5, 5.41) is 13.4. The Kier molecular flexibility index (Phi) is 4.39. The molecule has 0 bridgehead atoms. The number of amides is 1. The van der Waals surface area contributed by atoms with Crippen molar-refractivity contribution in [2.45, 2.75) is 39.1 Å². The van der Waals surface area contributed by atoms with Gasteiger partial charge in [0.05, 0.1) is 0 Å². The molecule has 1 atom stereocenters. The van der Waals surface area contributed by atoms with Crippen LogP contribution in [0.5, 0.6) is 5.75 Å². The van der Waals surface area contributed by atoms with E-state index in [1.165, 1.54) is 6.92 Å². The SMILES string of the molecule is CC1=NN(C(=O)COc2ccc(C)c(C)c2)C(O)(C(F)(F)F)C1. The molecule has 0 saturated carbocycles. The van der Waals surface area contributed by atoms with Gasteiger partial charge < -0.3 is 9.84 Å². The number of ether oxygens (including phenoxy) is 1. The third-order valence-corrected chi connectivity index (χ3v) is 3.65. The minimum atomic E-state index is -5.01. The summed E-state index contributed by atoms with van der Waals surface area (Å²) in [6.07, 6.45) is -5.78. The molecule has 0 aliphatic carbocycles. The van der Waals surface area contributed by atoms with Crippen LogP contribution >= 0.6 is 0 Å². The molecule has 1 N–H and O–H groups in total. The van der Waals surface area contributed by atoms with E-state index < -0.39 is 30.8 Å². The average Bonchev–Trinajstić information content (AvgIpc) is 2.76. The Hall–Kier alpha value is -2.09. The molecule has 0 radical (unpaired) electrons. The number of halogens is 3. The van der Waals surface area contributed by atoms with E-state index in [1.807, 2.05) is 13.8 Å². The van der Waals surface area contributed by atoms with Crippen molar-refractivity contribution in [1.29, 1.82) is 0 Å². The van der Waals surface area contributed by atoms with E-state index in [4.69, 9.17) is 4.74 Å². The molecule has 0 aromatic heterocycles. The zero-order valence-corrected chi connectivity index (χ0v) is 12.9. The van der Waals surface area contributed by atoms with Crippen molar-refractivity contribution >= 4 is 11.6 Å². The largest absolute Gasteiger partial charge is 0.484 e. The van der Waals surface area contributed by atoms with Crippen LogP contribution < -0.4 is 4.74 Å². The zero-order valence-electron chi connectivity index (χ0n) is 12.9. The van der Waals surface area contributed by atoms with Gasteiger partial charge in [0.2, 0.25) is 0 Å². The van der Waals surface area contributed by atoms with Crippen molar-refractivity contribution in [1.82, 2.24) is 5.01 Å². The maximum Gasteiger partial charge on any atom is 0.438 e. The quantitative estimate of drug-likeness (QED) is 0.926. The van der Waals surface area contributed by atoms with Crippen molar-refractivity contribution < 1.29 is 27.8 Å². The minimum Gasteiger partial charge on any atom is -0.484 e. The lowest BCUT2D eigenvalue weighted by Crippen LogP contribution is -2.57. The summed E-state index contributed by atoms with van der Waals surface area (Å²) < 4.78 is 44.3. The van der Waals surface area contributed by atoms with Crippen LogP contribution in [-0.2, 0) is 4.79 Å². The summed E-state index contributed by atoms with van der Waals surface area (Å²) in [7, 11) is 0. The van der Waals surface area contributed by atoms with E-state index in [1.54, 1.807) is 18.2 Å². The standard InChI is InChI=1S/C15H17F3N2O3/c1-9-4-5-12(6-10(9)2)23-8-13(21)20-14(22,15(16,17)18)7-11(3)19-20/h4-6,22H,7-8H2,1-3H3. The van der Waals surface area contributed by atoms with Crippen molar-refractivity contribution in [3.8, 4) is 5.75 Å². The lowest BCUT2D eigenvalue weighted by Gasteiger charge is -2.32. The molecule has 1 aliphatic heterocycles. The average molecular weight is 330 g/mol. The number of aliphatic hydroxyl groups is 1. The third-order valence-electron chi connectivity index (χ3n) is 3.65. The maximum absolute atomic E-state index is 13.0. The van der Waals surface area contributed by atoms with Crippen LogP contribution in [0, 0.1) is 13.8 Å². The fraction of sp³-hybridized carbons (Fsp3) is 0.467. The van der Waals surface area contributed by atoms with Gasteiger partial charge in [0.25, 0.3) is 11.6 Å². The van der Waals surface area contributed by atoms with Crippen molar-refractivity contribution in [2.75, 3.05) is 6.61 Å². The van der Waals surface area contributed by atoms with Gasteiger partial charge >= 0.3 is 6.18 Å². The third kappa shape index (κ3) is 3.31. The summed E-state index contributed by atoms with van der Waals surface area (Å²) in [6, 6.07) is 5.07. The molecular formula is C15H17F3N2O3. The molecule has 1 unspecified atom stereocenters. The molecule has 2 rings (SSSR count). The van der Waals surface area contributed by atoms with Crippen LogP contribution in [0.2, 0.25) is 0 Å². The van der Waals surface area contributed by atoms with Gasteiger partial charge in [-0.15, -0.1) is 0 Å². The molecule has 1 heterocycles. The molecule has 1 amide bonds. The minimum absolute atomic E-state index is 0.0179. The van der Waals surface area contributed by atoms with Gasteiger partial charge in [-0.05, 0) is 44.0 Å². The second-order valence-electron chi connectivity index (χ2n) is 5.57. The zero-order chi connectivity index (χ0) is 17.4. The number of nitrogens with zero attached hydrogens (tertiary/aromatic N) is 2. The molecule has 1 aromatic rings. The van der Waals surface area contributed by atoms with Crippen LogP contribution in [0.25, 0.3) is 0 Å². The predicted molar refractivity (Wildman–Crippen MR) is 77.0 cm³/mol. The topological polar surface area (TPSA) is 62.1 Å². The number of carbonyl (C=O) groups is 1. The number of hydrazone groups is 1. The summed E-state index contributed by atoms with van der Waals surface area (Å²) in [5.74, 6) is -0.711. The van der Waals surface area contributed by atoms with E-state index in [2.05, 4.69) is 5.10 Å². The summed E-state index contributed by atoms with van der Waals surface area (Å²) in [5.41, 5.74) is -1.35. The summed E-state index contributed by atoms with van der Waals surface area (Å²) >= 11 is 0. The van der Waals surface area contributed by atoms with Crippen molar-refractivity contribution in [3.05, 3.63) is 29.3 Å². The van der Waals surface area contributed by atoms with Crippen molar-refractivity contribution in [2.24, 2.45) is 5.10 Å². The number of hydrogen-bond acceptors (Lipinski definition) is 4. The molecule has 0 saturated heterocycles. The number of rotatable bonds is 3. The molecule has 126 valence electrons. The van der Waals surface area contributed by atoms with Crippen molar-refractivity contribution in [3.63, 3.8) is 0 Å². The molecule has 23 heavy (non-hydrogen) atoms. The number of carbonyl (C=O) groups excluding carboxylic acids is 1. The lowest BCUT2D eigenvalue weighted by atomic mass is 10.1. The molecule has 1 aliphatic rings. The Labute approximate surface area is 131 Å². The van der Waals surface area contributed by atoms with Crippen LogP contribution in [0.4, 0.5) is 13.2 Å². The molecular weight excluding hydrogens is 313 g/mol. The summed E-state index contributed by atoms with van der Waals surface area (Å²) in [6.45, 7) is 4.40. The Morgan fingerprint density at radius 2 is 2.00 bits per heavy atom. The second-order valence-corrected chi connectivity index (χ2v) is 5.57. The van der Waals surface area contributed by atoms with Crippen LogP contribution in [0.3, 0.4) is 0 Å². The highest BCUT2D eigenvalue weighted by Gasteiger charge is 2.62. The first-order valence-electron chi connectivity index (χ1n) is 6.91. The Morgan fingerprint density at radius 3 is 2.57 bits per heavy atom. The highest BCUT2D eigenvalue weighted by Crippen LogP contribution is 2.40. The van der Waals surface area contributed by atoms with Crippen LogP contribution in [0.1, 0.15) is 24.5 Å². The van der Waals surface area contributed by atoms with Gasteiger partial charge in [0.15, 0.2) is 6.61 Å². The number of aryl methyl sites for hydroxylation is 2. The summed E-state index contributed by atoms with van der Waals surface area (Å²) in [4.78, 5) is 12.0. The highest BCUT2D eigenvalue weighted by atomic mass is 19.4. The van der Waals surface area contributed by atoms with Gasteiger partial charge in [0, 0.05) is 12.1 Å². The Balaban J connectivity index is 2.11. The maximum atomic E-state index is 13.0. The second kappa shape index (κ2) is 5.84. The molecule has 0 fully saturated rings. The normalized spacial score (nSPS) is 21.3.